The predicted octanol–water partition coefficient (Wildman–Crippen LogP) is 2.08. The molecule has 88 valence electrons. The van der Waals surface area contributed by atoms with E-state index in [0.717, 1.165) is 42.6 Å². The van der Waals surface area contributed by atoms with Crippen molar-refractivity contribution in [1.29, 1.82) is 0 Å². The van der Waals surface area contributed by atoms with Gasteiger partial charge in [-0.3, -0.25) is 0 Å². The first-order chi connectivity index (χ1) is 7.72. The van der Waals surface area contributed by atoms with Gasteiger partial charge in [0.1, 0.15) is 18.0 Å². The van der Waals surface area contributed by atoms with Crippen molar-refractivity contribution in [3.05, 3.63) is 11.9 Å². The molecule has 1 aliphatic carbocycles. The number of hydrogen-bond donors (Lipinski definition) is 2. The Morgan fingerprint density at radius 1 is 1.50 bits per heavy atom. The summed E-state index contributed by atoms with van der Waals surface area (Å²) < 4.78 is 0. The topological polar surface area (TPSA) is 63.8 Å². The van der Waals surface area contributed by atoms with Gasteiger partial charge in [-0.1, -0.05) is 20.3 Å². The molecule has 2 unspecified atom stereocenters. The van der Waals surface area contributed by atoms with Gasteiger partial charge < -0.3 is 11.1 Å². The molecule has 0 spiro atoms. The average Bonchev–Trinajstić information content (AvgIpc) is 2.96. The van der Waals surface area contributed by atoms with Crippen molar-refractivity contribution in [2.45, 2.75) is 33.1 Å². The SMILES string of the molecule is CCCc1c(N)ncnc1NCC1CC1C. The zero-order valence-corrected chi connectivity index (χ0v) is 10.0. The van der Waals surface area contributed by atoms with E-state index in [1.807, 2.05) is 0 Å². The molecular formula is C12H20N4. The number of rotatable bonds is 5. The van der Waals surface area contributed by atoms with Crippen LogP contribution < -0.4 is 11.1 Å². The lowest BCUT2D eigenvalue weighted by Crippen LogP contribution is -2.11. The van der Waals surface area contributed by atoms with Crippen molar-refractivity contribution in [3.63, 3.8) is 0 Å². The predicted molar refractivity (Wildman–Crippen MR) is 66.2 cm³/mol. The highest BCUT2D eigenvalue weighted by molar-refractivity contribution is 5.55. The minimum Gasteiger partial charge on any atom is -0.383 e. The van der Waals surface area contributed by atoms with Crippen LogP contribution in [-0.2, 0) is 6.42 Å². The van der Waals surface area contributed by atoms with Crippen molar-refractivity contribution in [3.8, 4) is 0 Å². The first-order valence-corrected chi connectivity index (χ1v) is 6.05. The number of nitrogens with two attached hydrogens (primary N) is 1. The summed E-state index contributed by atoms with van der Waals surface area (Å²) in [5.74, 6) is 3.21. The molecule has 0 aromatic carbocycles. The molecule has 4 nitrogen and oxygen atoms in total. The van der Waals surface area contributed by atoms with Crippen LogP contribution in [0.5, 0.6) is 0 Å². The summed E-state index contributed by atoms with van der Waals surface area (Å²) in [6.45, 7) is 5.43. The molecule has 1 fully saturated rings. The van der Waals surface area contributed by atoms with Crippen LogP contribution >= 0.6 is 0 Å². The third-order valence-electron chi connectivity index (χ3n) is 3.29. The maximum absolute atomic E-state index is 5.87. The van der Waals surface area contributed by atoms with E-state index in [1.54, 1.807) is 0 Å². The summed E-state index contributed by atoms with van der Waals surface area (Å²) in [6.07, 6.45) is 4.87. The lowest BCUT2D eigenvalue weighted by molar-refractivity contribution is 0.780. The molecule has 16 heavy (non-hydrogen) atoms. The first-order valence-electron chi connectivity index (χ1n) is 6.05. The molecule has 1 aromatic rings. The number of aromatic nitrogens is 2. The van der Waals surface area contributed by atoms with Crippen LogP contribution in [0.4, 0.5) is 11.6 Å². The van der Waals surface area contributed by atoms with Crippen molar-refractivity contribution in [2.75, 3.05) is 17.6 Å². The van der Waals surface area contributed by atoms with E-state index >= 15 is 0 Å². The Hall–Kier alpha value is -1.32. The third kappa shape index (κ3) is 2.43. The Balaban J connectivity index is 2.03. The minimum absolute atomic E-state index is 0.614. The van der Waals surface area contributed by atoms with E-state index in [1.165, 1.54) is 12.7 Å². The summed E-state index contributed by atoms with van der Waals surface area (Å²) in [5, 5.41) is 3.40. The van der Waals surface area contributed by atoms with Gasteiger partial charge >= 0.3 is 0 Å². The fourth-order valence-electron chi connectivity index (χ4n) is 1.99. The van der Waals surface area contributed by atoms with Crippen LogP contribution in [0.15, 0.2) is 6.33 Å². The van der Waals surface area contributed by atoms with Crippen LogP contribution in [0.2, 0.25) is 0 Å². The quantitative estimate of drug-likeness (QED) is 0.797. The van der Waals surface area contributed by atoms with Gasteiger partial charge in [0.05, 0.1) is 0 Å². The molecule has 0 bridgehead atoms. The number of nitrogens with one attached hydrogen (secondary N) is 1. The summed E-state index contributed by atoms with van der Waals surface area (Å²) >= 11 is 0. The standard InChI is InChI=1S/C12H20N4/c1-3-4-10-11(13)15-7-16-12(10)14-6-9-5-8(9)2/h7-9H,3-6H2,1-2H3,(H3,13,14,15,16). The highest BCUT2D eigenvalue weighted by Gasteiger charge is 2.32. The minimum atomic E-state index is 0.614. The number of anilines is 2. The van der Waals surface area contributed by atoms with Gasteiger partial charge in [-0.15, -0.1) is 0 Å². The normalized spacial score (nSPS) is 23.1. The fraction of sp³-hybridized carbons (Fsp3) is 0.667. The molecule has 0 amide bonds. The Morgan fingerprint density at radius 3 is 2.88 bits per heavy atom. The molecule has 0 saturated heterocycles. The molecule has 0 radical (unpaired) electrons. The zero-order valence-electron chi connectivity index (χ0n) is 10.0. The average molecular weight is 220 g/mol. The second-order valence-electron chi connectivity index (χ2n) is 4.69. The molecule has 0 aliphatic heterocycles. The molecule has 2 rings (SSSR count). The van der Waals surface area contributed by atoms with Crippen molar-refractivity contribution in [2.24, 2.45) is 11.8 Å². The Morgan fingerprint density at radius 2 is 2.25 bits per heavy atom. The van der Waals surface area contributed by atoms with E-state index < -0.39 is 0 Å². The highest BCUT2D eigenvalue weighted by Crippen LogP contribution is 2.37. The molecule has 2 atom stereocenters. The molecule has 4 heteroatoms. The van der Waals surface area contributed by atoms with Crippen LogP contribution in [0, 0.1) is 11.8 Å². The summed E-state index contributed by atoms with van der Waals surface area (Å²) in [6, 6.07) is 0. The highest BCUT2D eigenvalue weighted by atomic mass is 15.0. The number of nitrogens with zero attached hydrogens (tertiary/aromatic N) is 2. The van der Waals surface area contributed by atoms with Crippen molar-refractivity contribution < 1.29 is 0 Å². The van der Waals surface area contributed by atoms with Gasteiger partial charge in [-0.2, -0.15) is 0 Å². The zero-order chi connectivity index (χ0) is 11.5. The van der Waals surface area contributed by atoms with Gasteiger partial charge in [0.15, 0.2) is 0 Å². The molecule has 3 N–H and O–H groups in total. The smallest absolute Gasteiger partial charge is 0.134 e. The van der Waals surface area contributed by atoms with E-state index in [0.29, 0.717) is 5.82 Å². The molecular weight excluding hydrogens is 200 g/mol. The van der Waals surface area contributed by atoms with E-state index in [-0.39, 0.29) is 0 Å². The second-order valence-corrected chi connectivity index (χ2v) is 4.69. The Bertz CT molecular complexity index is 364. The number of hydrogen-bond acceptors (Lipinski definition) is 4. The van der Waals surface area contributed by atoms with E-state index in [2.05, 4.69) is 29.1 Å². The van der Waals surface area contributed by atoms with Crippen LogP contribution in [-0.4, -0.2) is 16.5 Å². The number of nitrogen functional groups attached to an aromatic ring is 1. The van der Waals surface area contributed by atoms with Gasteiger partial charge in [0.2, 0.25) is 0 Å². The lowest BCUT2D eigenvalue weighted by atomic mass is 10.1. The molecule has 1 saturated carbocycles. The van der Waals surface area contributed by atoms with Gasteiger partial charge in [0, 0.05) is 12.1 Å². The van der Waals surface area contributed by atoms with Gasteiger partial charge in [-0.25, -0.2) is 9.97 Å². The largest absolute Gasteiger partial charge is 0.383 e. The van der Waals surface area contributed by atoms with Crippen molar-refractivity contribution >= 4 is 11.6 Å². The Labute approximate surface area is 96.7 Å². The maximum atomic E-state index is 5.87. The lowest BCUT2D eigenvalue weighted by Gasteiger charge is -2.11. The van der Waals surface area contributed by atoms with Crippen LogP contribution in [0.25, 0.3) is 0 Å². The van der Waals surface area contributed by atoms with E-state index in [9.17, 15) is 0 Å². The Kier molecular flexibility index (Phi) is 3.27. The van der Waals surface area contributed by atoms with Crippen LogP contribution in [0.1, 0.15) is 32.3 Å². The van der Waals surface area contributed by atoms with Gasteiger partial charge in [-0.05, 0) is 24.7 Å². The second kappa shape index (κ2) is 4.68. The maximum Gasteiger partial charge on any atom is 0.134 e. The van der Waals surface area contributed by atoms with Crippen molar-refractivity contribution in [1.82, 2.24) is 9.97 Å². The summed E-state index contributed by atoms with van der Waals surface area (Å²) in [4.78, 5) is 8.32. The first kappa shape index (κ1) is 11.2. The van der Waals surface area contributed by atoms with E-state index in [4.69, 9.17) is 5.73 Å². The third-order valence-corrected chi connectivity index (χ3v) is 3.29. The molecule has 1 heterocycles. The van der Waals surface area contributed by atoms with Gasteiger partial charge in [0.25, 0.3) is 0 Å². The molecule has 1 aliphatic rings. The monoisotopic (exact) mass is 220 g/mol. The summed E-state index contributed by atoms with van der Waals surface area (Å²) in [5.41, 5.74) is 6.93. The fourth-order valence-corrected chi connectivity index (χ4v) is 1.99. The summed E-state index contributed by atoms with van der Waals surface area (Å²) in [7, 11) is 0. The molecule has 1 aromatic heterocycles. The van der Waals surface area contributed by atoms with Crippen LogP contribution in [0.3, 0.4) is 0 Å².